The smallest absolute Gasteiger partial charge is 0.465 e. The molecule has 0 aromatic heterocycles. The van der Waals surface area contributed by atoms with Crippen LogP contribution in [0.4, 0.5) is 0 Å². The van der Waals surface area contributed by atoms with E-state index < -0.39 is 0 Å². The zero-order valence-corrected chi connectivity index (χ0v) is 15.3. The van der Waals surface area contributed by atoms with Crippen molar-refractivity contribution in [1.82, 2.24) is 0 Å². The third kappa shape index (κ3) is 4.32. The summed E-state index contributed by atoms with van der Waals surface area (Å²) in [5.74, 6) is 0.812. The van der Waals surface area contributed by atoms with Gasteiger partial charge in [0.2, 0.25) is 0 Å². The predicted molar refractivity (Wildman–Crippen MR) is 95.6 cm³/mol. The number of hydrogen-bond acceptors (Lipinski definition) is 4. The van der Waals surface area contributed by atoms with Crippen LogP contribution in [-0.2, 0) is 14.0 Å². The summed E-state index contributed by atoms with van der Waals surface area (Å²) in [4.78, 5) is 0. The molecule has 1 saturated heterocycles. The first-order valence-electron chi connectivity index (χ1n) is 9.19. The van der Waals surface area contributed by atoms with E-state index in [9.17, 15) is 0 Å². The van der Waals surface area contributed by atoms with Crippen molar-refractivity contribution in [1.29, 1.82) is 0 Å². The molecule has 1 aliphatic carbocycles. The van der Waals surface area contributed by atoms with Crippen molar-refractivity contribution in [3.05, 3.63) is 24.3 Å². The molecule has 1 saturated carbocycles. The Labute approximate surface area is 146 Å². The Morgan fingerprint density at radius 1 is 1.12 bits per heavy atom. The van der Waals surface area contributed by atoms with E-state index in [1.165, 1.54) is 19.3 Å². The molecule has 3 rings (SSSR count). The first kappa shape index (κ1) is 17.8. The minimum atomic E-state index is -0.306. The van der Waals surface area contributed by atoms with Gasteiger partial charge in [-0.3, -0.25) is 0 Å². The third-order valence-electron chi connectivity index (χ3n) is 5.11. The molecule has 0 N–H and O–H groups in total. The van der Waals surface area contributed by atoms with Gasteiger partial charge in [0, 0.05) is 0 Å². The maximum absolute atomic E-state index is 5.99. The highest BCUT2D eigenvalue weighted by Gasteiger charge is 2.43. The molecule has 1 aromatic carbocycles. The third-order valence-corrected chi connectivity index (χ3v) is 5.11. The number of benzene rings is 1. The van der Waals surface area contributed by atoms with Crippen LogP contribution >= 0.6 is 0 Å². The zero-order chi connectivity index (χ0) is 17.2. The average molecular weight is 332 g/mol. The SMILES string of the molecule is CC(Oc1ccc(B2OC(C)C(C)(C)O2)cc1)OC1CCCCC1. The summed E-state index contributed by atoms with van der Waals surface area (Å²) in [5, 5.41) is 0. The number of hydrogen-bond donors (Lipinski definition) is 0. The predicted octanol–water partition coefficient (Wildman–Crippen LogP) is 3.67. The Bertz CT molecular complexity index is 525. The van der Waals surface area contributed by atoms with Crippen LogP contribution < -0.4 is 10.2 Å². The van der Waals surface area contributed by atoms with Crippen molar-refractivity contribution in [2.24, 2.45) is 0 Å². The van der Waals surface area contributed by atoms with Gasteiger partial charge in [0.1, 0.15) is 5.75 Å². The Kier molecular flexibility index (Phi) is 5.53. The van der Waals surface area contributed by atoms with Gasteiger partial charge in [0.15, 0.2) is 6.29 Å². The summed E-state index contributed by atoms with van der Waals surface area (Å²) in [5.41, 5.74) is 0.753. The second-order valence-corrected chi connectivity index (χ2v) is 7.48. The number of ether oxygens (including phenoxy) is 2. The fraction of sp³-hybridized carbons (Fsp3) is 0.684. The molecule has 2 fully saturated rings. The molecule has 1 heterocycles. The molecule has 1 aromatic rings. The van der Waals surface area contributed by atoms with Gasteiger partial charge in [-0.2, -0.15) is 0 Å². The van der Waals surface area contributed by atoms with Gasteiger partial charge in [0.25, 0.3) is 0 Å². The zero-order valence-electron chi connectivity index (χ0n) is 15.3. The maximum Gasteiger partial charge on any atom is 0.494 e. The molecule has 0 spiro atoms. The molecule has 132 valence electrons. The molecular formula is C19H29BO4. The number of rotatable bonds is 5. The Balaban J connectivity index is 1.53. The Morgan fingerprint density at radius 3 is 2.38 bits per heavy atom. The van der Waals surface area contributed by atoms with Crippen molar-refractivity contribution >= 4 is 12.6 Å². The summed E-state index contributed by atoms with van der Waals surface area (Å²) in [6.45, 7) is 8.12. The average Bonchev–Trinajstić information content (AvgIpc) is 2.82. The lowest BCUT2D eigenvalue weighted by molar-refractivity contribution is -0.116. The molecular weight excluding hydrogens is 303 g/mol. The summed E-state index contributed by atoms with van der Waals surface area (Å²) in [6, 6.07) is 7.92. The van der Waals surface area contributed by atoms with Gasteiger partial charge in [-0.05, 0) is 58.1 Å². The van der Waals surface area contributed by atoms with E-state index in [4.69, 9.17) is 18.8 Å². The summed E-state index contributed by atoms with van der Waals surface area (Å²) in [6.07, 6.45) is 6.35. The van der Waals surface area contributed by atoms with Crippen molar-refractivity contribution in [3.8, 4) is 5.75 Å². The first-order valence-corrected chi connectivity index (χ1v) is 9.19. The van der Waals surface area contributed by atoms with Gasteiger partial charge >= 0.3 is 7.12 Å². The van der Waals surface area contributed by atoms with E-state index in [0.717, 1.165) is 24.1 Å². The van der Waals surface area contributed by atoms with Crippen LogP contribution in [0.5, 0.6) is 5.75 Å². The second-order valence-electron chi connectivity index (χ2n) is 7.48. The summed E-state index contributed by atoms with van der Waals surface area (Å²) >= 11 is 0. The normalized spacial score (nSPS) is 25.7. The molecule has 0 amide bonds. The maximum atomic E-state index is 5.99. The highest BCUT2D eigenvalue weighted by atomic mass is 16.7. The van der Waals surface area contributed by atoms with Crippen LogP contribution in [-0.4, -0.2) is 31.2 Å². The molecule has 2 aliphatic rings. The highest BCUT2D eigenvalue weighted by molar-refractivity contribution is 6.62. The lowest BCUT2D eigenvalue weighted by atomic mass is 9.79. The minimum absolute atomic E-state index is 0.0716. The van der Waals surface area contributed by atoms with E-state index in [-0.39, 0.29) is 25.1 Å². The van der Waals surface area contributed by atoms with Crippen LogP contribution in [0.15, 0.2) is 24.3 Å². The van der Waals surface area contributed by atoms with E-state index in [0.29, 0.717) is 6.10 Å². The topological polar surface area (TPSA) is 36.9 Å². The molecule has 2 atom stereocenters. The van der Waals surface area contributed by atoms with Crippen molar-refractivity contribution in [2.75, 3.05) is 0 Å². The summed E-state index contributed by atoms with van der Waals surface area (Å²) < 4.78 is 23.8. The fourth-order valence-electron chi connectivity index (χ4n) is 3.29. The van der Waals surface area contributed by atoms with Crippen molar-refractivity contribution in [3.63, 3.8) is 0 Å². The van der Waals surface area contributed by atoms with Crippen LogP contribution in [0.25, 0.3) is 0 Å². The molecule has 1 aliphatic heterocycles. The highest BCUT2D eigenvalue weighted by Crippen LogP contribution is 2.27. The van der Waals surface area contributed by atoms with Gasteiger partial charge in [-0.25, -0.2) is 0 Å². The van der Waals surface area contributed by atoms with E-state index >= 15 is 0 Å². The van der Waals surface area contributed by atoms with E-state index in [1.54, 1.807) is 0 Å². The lowest BCUT2D eigenvalue weighted by Crippen LogP contribution is -2.34. The minimum Gasteiger partial charge on any atom is -0.465 e. The van der Waals surface area contributed by atoms with Gasteiger partial charge in [-0.15, -0.1) is 0 Å². The van der Waals surface area contributed by atoms with Crippen molar-refractivity contribution in [2.45, 2.75) is 83.9 Å². The lowest BCUT2D eigenvalue weighted by Gasteiger charge is -2.26. The summed E-state index contributed by atoms with van der Waals surface area (Å²) in [7, 11) is -0.306. The van der Waals surface area contributed by atoms with Gasteiger partial charge < -0.3 is 18.8 Å². The first-order chi connectivity index (χ1) is 11.4. The van der Waals surface area contributed by atoms with Crippen LogP contribution in [0.2, 0.25) is 0 Å². The molecule has 24 heavy (non-hydrogen) atoms. The Hall–Kier alpha value is -1.04. The van der Waals surface area contributed by atoms with Gasteiger partial charge in [0.05, 0.1) is 17.8 Å². The quantitative estimate of drug-likeness (QED) is 0.609. The molecule has 2 unspecified atom stereocenters. The van der Waals surface area contributed by atoms with E-state index in [1.807, 2.05) is 38.1 Å². The van der Waals surface area contributed by atoms with Crippen LogP contribution in [0, 0.1) is 0 Å². The fourth-order valence-corrected chi connectivity index (χ4v) is 3.29. The Morgan fingerprint density at radius 2 is 1.79 bits per heavy atom. The largest absolute Gasteiger partial charge is 0.494 e. The molecule has 0 bridgehead atoms. The second kappa shape index (κ2) is 7.46. The van der Waals surface area contributed by atoms with Crippen molar-refractivity contribution < 1.29 is 18.8 Å². The molecule has 4 nitrogen and oxygen atoms in total. The monoisotopic (exact) mass is 332 g/mol. The molecule has 5 heteroatoms. The van der Waals surface area contributed by atoms with E-state index in [2.05, 4.69) is 13.8 Å². The van der Waals surface area contributed by atoms with Crippen LogP contribution in [0.1, 0.15) is 59.8 Å². The standard InChI is InChI=1S/C19H29BO4/c1-14-19(3,4)24-20(23-14)16-10-12-18(13-11-16)22-15(2)21-17-8-6-5-7-9-17/h10-15,17H,5-9H2,1-4H3. The van der Waals surface area contributed by atoms with Gasteiger partial charge in [-0.1, -0.05) is 31.4 Å². The van der Waals surface area contributed by atoms with Crippen LogP contribution in [0.3, 0.4) is 0 Å². The molecule has 0 radical (unpaired) electrons.